The van der Waals surface area contributed by atoms with Crippen LogP contribution in [0.15, 0.2) is 22.8 Å². The molecule has 1 aromatic heterocycles. The Morgan fingerprint density at radius 3 is 2.45 bits per heavy atom. The molecule has 2 aliphatic rings. The van der Waals surface area contributed by atoms with Gasteiger partial charge in [-0.05, 0) is 53.7 Å². The van der Waals surface area contributed by atoms with Gasteiger partial charge in [0.1, 0.15) is 5.82 Å². The second-order valence-electron chi connectivity index (χ2n) is 5.47. The fourth-order valence-corrected chi connectivity index (χ4v) is 3.09. The van der Waals surface area contributed by atoms with E-state index in [0.29, 0.717) is 12.2 Å². The van der Waals surface area contributed by atoms with Crippen molar-refractivity contribution < 1.29 is 9.47 Å². The standard InChI is InChI=1S/C15H21BrN2O2/c16-12-1-2-15(17-11-12)18-7-3-13(4-8-18)20-14-5-9-19-10-6-14/h1-2,11,13-14H,3-10H2. The van der Waals surface area contributed by atoms with Gasteiger partial charge < -0.3 is 14.4 Å². The molecule has 0 N–H and O–H groups in total. The molecule has 5 heteroatoms. The van der Waals surface area contributed by atoms with Crippen molar-refractivity contribution in [2.75, 3.05) is 31.2 Å². The summed E-state index contributed by atoms with van der Waals surface area (Å²) in [7, 11) is 0. The van der Waals surface area contributed by atoms with Gasteiger partial charge in [0.25, 0.3) is 0 Å². The molecule has 0 radical (unpaired) electrons. The van der Waals surface area contributed by atoms with Crippen LogP contribution in [0.3, 0.4) is 0 Å². The number of halogens is 1. The fraction of sp³-hybridized carbons (Fsp3) is 0.667. The predicted molar refractivity (Wildman–Crippen MR) is 82.1 cm³/mol. The summed E-state index contributed by atoms with van der Waals surface area (Å²) in [5, 5.41) is 0. The first kappa shape index (κ1) is 14.3. The molecule has 3 heterocycles. The average molecular weight is 341 g/mol. The summed E-state index contributed by atoms with van der Waals surface area (Å²) < 4.78 is 12.6. The maximum atomic E-state index is 6.20. The highest BCUT2D eigenvalue weighted by atomic mass is 79.9. The van der Waals surface area contributed by atoms with Crippen LogP contribution in [-0.4, -0.2) is 43.5 Å². The maximum Gasteiger partial charge on any atom is 0.128 e. The number of pyridine rings is 1. The molecule has 2 fully saturated rings. The number of nitrogens with zero attached hydrogens (tertiary/aromatic N) is 2. The molecular weight excluding hydrogens is 320 g/mol. The molecule has 4 nitrogen and oxygen atoms in total. The van der Waals surface area contributed by atoms with Gasteiger partial charge >= 0.3 is 0 Å². The lowest BCUT2D eigenvalue weighted by atomic mass is 10.1. The van der Waals surface area contributed by atoms with E-state index in [2.05, 4.69) is 31.9 Å². The SMILES string of the molecule is Brc1ccc(N2CCC(OC3CCOCC3)CC2)nc1. The number of piperidine rings is 1. The monoisotopic (exact) mass is 340 g/mol. The van der Waals surface area contributed by atoms with Gasteiger partial charge in [-0.15, -0.1) is 0 Å². The highest BCUT2D eigenvalue weighted by molar-refractivity contribution is 9.10. The Kier molecular flexibility index (Phi) is 4.91. The van der Waals surface area contributed by atoms with E-state index in [1.807, 2.05) is 12.3 Å². The van der Waals surface area contributed by atoms with Crippen LogP contribution in [-0.2, 0) is 9.47 Å². The van der Waals surface area contributed by atoms with Crippen LogP contribution in [0.4, 0.5) is 5.82 Å². The average Bonchev–Trinajstić information content (AvgIpc) is 2.50. The molecule has 1 aromatic rings. The topological polar surface area (TPSA) is 34.6 Å². The third kappa shape index (κ3) is 3.71. The summed E-state index contributed by atoms with van der Waals surface area (Å²) in [6.45, 7) is 3.77. The number of hydrogen-bond acceptors (Lipinski definition) is 4. The zero-order valence-corrected chi connectivity index (χ0v) is 13.2. The van der Waals surface area contributed by atoms with Crippen LogP contribution in [0, 0.1) is 0 Å². The lowest BCUT2D eigenvalue weighted by molar-refractivity contribution is -0.0743. The van der Waals surface area contributed by atoms with E-state index in [0.717, 1.165) is 62.3 Å². The lowest BCUT2D eigenvalue weighted by Gasteiger charge is -2.35. The van der Waals surface area contributed by atoms with E-state index in [4.69, 9.17) is 9.47 Å². The Morgan fingerprint density at radius 1 is 1.10 bits per heavy atom. The van der Waals surface area contributed by atoms with Crippen LogP contribution in [0.2, 0.25) is 0 Å². The Hall–Kier alpha value is -0.650. The van der Waals surface area contributed by atoms with Gasteiger partial charge in [0, 0.05) is 37.0 Å². The Balaban J connectivity index is 1.47. The van der Waals surface area contributed by atoms with Crippen molar-refractivity contribution in [1.82, 2.24) is 4.98 Å². The molecule has 0 spiro atoms. The van der Waals surface area contributed by atoms with Crippen molar-refractivity contribution >= 4 is 21.7 Å². The molecule has 2 saturated heterocycles. The van der Waals surface area contributed by atoms with E-state index >= 15 is 0 Å². The summed E-state index contributed by atoms with van der Waals surface area (Å²) in [6.07, 6.45) is 6.96. The van der Waals surface area contributed by atoms with Crippen molar-refractivity contribution in [3.8, 4) is 0 Å². The van der Waals surface area contributed by atoms with Gasteiger partial charge in [0.15, 0.2) is 0 Å². The van der Waals surface area contributed by atoms with Crippen LogP contribution in [0.1, 0.15) is 25.7 Å². The number of ether oxygens (including phenoxy) is 2. The molecule has 0 unspecified atom stereocenters. The number of hydrogen-bond donors (Lipinski definition) is 0. The molecule has 0 aliphatic carbocycles. The van der Waals surface area contributed by atoms with Crippen LogP contribution >= 0.6 is 15.9 Å². The largest absolute Gasteiger partial charge is 0.381 e. The Bertz CT molecular complexity index is 412. The summed E-state index contributed by atoms with van der Waals surface area (Å²) in [5.74, 6) is 1.07. The normalized spacial score (nSPS) is 22.1. The van der Waals surface area contributed by atoms with E-state index in [-0.39, 0.29) is 0 Å². The first-order valence-corrected chi connectivity index (χ1v) is 8.20. The Morgan fingerprint density at radius 2 is 1.80 bits per heavy atom. The Labute approximate surface area is 128 Å². The van der Waals surface area contributed by atoms with Crippen molar-refractivity contribution in [3.63, 3.8) is 0 Å². The molecule has 2 aliphatic heterocycles. The fourth-order valence-electron chi connectivity index (χ4n) is 2.86. The molecule has 0 saturated carbocycles. The number of anilines is 1. The van der Waals surface area contributed by atoms with E-state index < -0.39 is 0 Å². The summed E-state index contributed by atoms with van der Waals surface area (Å²) in [5.41, 5.74) is 0. The molecule has 110 valence electrons. The van der Waals surface area contributed by atoms with Gasteiger partial charge in [0.05, 0.1) is 12.2 Å². The molecular formula is C15H21BrN2O2. The van der Waals surface area contributed by atoms with Crippen LogP contribution < -0.4 is 4.90 Å². The van der Waals surface area contributed by atoms with E-state index in [1.54, 1.807) is 0 Å². The second kappa shape index (κ2) is 6.87. The van der Waals surface area contributed by atoms with Gasteiger partial charge in [-0.25, -0.2) is 4.98 Å². The van der Waals surface area contributed by atoms with Crippen molar-refractivity contribution in [2.24, 2.45) is 0 Å². The number of aromatic nitrogens is 1. The van der Waals surface area contributed by atoms with Crippen LogP contribution in [0.25, 0.3) is 0 Å². The second-order valence-corrected chi connectivity index (χ2v) is 6.38. The highest BCUT2D eigenvalue weighted by Gasteiger charge is 2.24. The lowest BCUT2D eigenvalue weighted by Crippen LogP contribution is -2.39. The minimum Gasteiger partial charge on any atom is -0.381 e. The third-order valence-electron chi connectivity index (χ3n) is 4.03. The summed E-state index contributed by atoms with van der Waals surface area (Å²) in [6, 6.07) is 4.12. The molecule has 0 amide bonds. The maximum absolute atomic E-state index is 6.20. The minimum atomic E-state index is 0.407. The zero-order chi connectivity index (χ0) is 13.8. The predicted octanol–water partition coefficient (Wildman–Crippen LogP) is 3.01. The van der Waals surface area contributed by atoms with E-state index in [1.165, 1.54) is 0 Å². The van der Waals surface area contributed by atoms with Gasteiger partial charge in [0.2, 0.25) is 0 Å². The molecule has 20 heavy (non-hydrogen) atoms. The van der Waals surface area contributed by atoms with Crippen molar-refractivity contribution in [3.05, 3.63) is 22.8 Å². The van der Waals surface area contributed by atoms with Crippen molar-refractivity contribution in [2.45, 2.75) is 37.9 Å². The van der Waals surface area contributed by atoms with Gasteiger partial charge in [-0.2, -0.15) is 0 Å². The quantitative estimate of drug-likeness (QED) is 0.847. The van der Waals surface area contributed by atoms with E-state index in [9.17, 15) is 0 Å². The molecule has 0 atom stereocenters. The highest BCUT2D eigenvalue weighted by Crippen LogP contribution is 2.23. The van der Waals surface area contributed by atoms with Gasteiger partial charge in [-0.1, -0.05) is 0 Å². The van der Waals surface area contributed by atoms with Gasteiger partial charge in [-0.3, -0.25) is 0 Å². The van der Waals surface area contributed by atoms with Crippen LogP contribution in [0.5, 0.6) is 0 Å². The summed E-state index contributed by atoms with van der Waals surface area (Å²) in [4.78, 5) is 6.81. The zero-order valence-electron chi connectivity index (χ0n) is 11.6. The molecule has 0 bridgehead atoms. The molecule has 3 rings (SSSR count). The third-order valence-corrected chi connectivity index (χ3v) is 4.50. The minimum absolute atomic E-state index is 0.407. The number of rotatable bonds is 3. The summed E-state index contributed by atoms with van der Waals surface area (Å²) >= 11 is 3.42. The molecule has 0 aromatic carbocycles. The van der Waals surface area contributed by atoms with Crippen molar-refractivity contribution in [1.29, 1.82) is 0 Å². The smallest absolute Gasteiger partial charge is 0.128 e. The first-order chi connectivity index (χ1) is 9.81. The first-order valence-electron chi connectivity index (χ1n) is 7.41.